The van der Waals surface area contributed by atoms with E-state index in [-0.39, 0.29) is 37.0 Å². The molecular weight excluding hydrogens is 834 g/mol. The SMILES string of the molecule is N[C@@H](CO)C(=O)CCCCCC(=O)CCOCCOCCOCCOCCOCCOCCOCCOCCOCCOCCOCCOCCNC(=O)CCN1C(=O)C=CC1=O. The van der Waals surface area contributed by atoms with Gasteiger partial charge in [0.25, 0.3) is 11.8 Å². The molecule has 21 heteroatoms. The summed E-state index contributed by atoms with van der Waals surface area (Å²) in [7, 11) is 0. The maximum absolute atomic E-state index is 11.9. The fraction of sp³-hybridized carbons (Fsp3) is 0.833. The highest BCUT2D eigenvalue weighted by Gasteiger charge is 2.23. The number of ketones is 2. The second kappa shape index (κ2) is 44.3. The number of hydrogen-bond acceptors (Lipinski definition) is 19. The molecule has 0 aliphatic carbocycles. The summed E-state index contributed by atoms with van der Waals surface area (Å²) < 4.78 is 65.6. The number of amides is 3. The number of nitrogens with two attached hydrogens (primary N) is 1. The number of carbonyl (C=O) groups excluding carboxylic acids is 5. The molecule has 366 valence electrons. The van der Waals surface area contributed by atoms with E-state index < -0.39 is 17.9 Å². The van der Waals surface area contributed by atoms with Crippen LogP contribution in [-0.2, 0) is 80.8 Å². The van der Waals surface area contributed by atoms with E-state index >= 15 is 0 Å². The van der Waals surface area contributed by atoms with Crippen LogP contribution in [0, 0.1) is 0 Å². The molecule has 0 bridgehead atoms. The van der Waals surface area contributed by atoms with Crippen molar-refractivity contribution in [3.8, 4) is 0 Å². The predicted molar refractivity (Wildman–Crippen MR) is 226 cm³/mol. The molecule has 1 atom stereocenters. The van der Waals surface area contributed by atoms with E-state index in [0.29, 0.717) is 191 Å². The minimum absolute atomic E-state index is 0.0448. The molecule has 1 heterocycles. The van der Waals surface area contributed by atoms with Gasteiger partial charge in [-0.15, -0.1) is 0 Å². The van der Waals surface area contributed by atoms with Crippen LogP contribution >= 0.6 is 0 Å². The van der Waals surface area contributed by atoms with Crippen molar-refractivity contribution in [2.75, 3.05) is 178 Å². The Balaban J connectivity index is 1.65. The lowest BCUT2D eigenvalue weighted by molar-refractivity contribution is -0.137. The van der Waals surface area contributed by atoms with Gasteiger partial charge in [-0.3, -0.25) is 28.9 Å². The predicted octanol–water partition coefficient (Wildman–Crippen LogP) is -0.585. The van der Waals surface area contributed by atoms with Crippen LogP contribution in [0.15, 0.2) is 12.2 Å². The molecule has 4 N–H and O–H groups in total. The average Bonchev–Trinajstić information content (AvgIpc) is 3.61. The third-order valence-electron chi connectivity index (χ3n) is 8.64. The monoisotopic (exact) mass is 910 g/mol. The number of aliphatic hydroxyl groups excluding tert-OH is 1. The zero-order chi connectivity index (χ0) is 45.7. The fourth-order valence-electron chi connectivity index (χ4n) is 5.13. The van der Waals surface area contributed by atoms with Gasteiger partial charge >= 0.3 is 0 Å². The van der Waals surface area contributed by atoms with E-state index in [1.54, 1.807) is 0 Å². The molecule has 21 nitrogen and oxygen atoms in total. The largest absolute Gasteiger partial charge is 0.394 e. The maximum atomic E-state index is 11.9. The van der Waals surface area contributed by atoms with Crippen LogP contribution in [0.2, 0.25) is 0 Å². The minimum Gasteiger partial charge on any atom is -0.394 e. The van der Waals surface area contributed by atoms with Crippen molar-refractivity contribution in [2.24, 2.45) is 5.73 Å². The zero-order valence-electron chi connectivity index (χ0n) is 37.2. The summed E-state index contributed by atoms with van der Waals surface area (Å²) in [5, 5.41) is 11.5. The van der Waals surface area contributed by atoms with Crippen LogP contribution in [0.1, 0.15) is 44.9 Å². The summed E-state index contributed by atoms with van der Waals surface area (Å²) in [6.07, 6.45) is 5.75. The van der Waals surface area contributed by atoms with Crippen molar-refractivity contribution in [1.82, 2.24) is 10.2 Å². The number of rotatable bonds is 50. The molecule has 0 radical (unpaired) electrons. The molecule has 63 heavy (non-hydrogen) atoms. The van der Waals surface area contributed by atoms with Crippen molar-refractivity contribution < 1.29 is 85.9 Å². The summed E-state index contributed by atoms with van der Waals surface area (Å²) in [5.41, 5.74) is 5.47. The Morgan fingerprint density at radius 3 is 1.17 bits per heavy atom. The number of nitrogens with zero attached hydrogens (tertiary/aromatic N) is 1. The Hall–Kier alpha value is -2.87. The lowest BCUT2D eigenvalue weighted by atomic mass is 10.0. The van der Waals surface area contributed by atoms with Gasteiger partial charge in [0.2, 0.25) is 5.91 Å². The van der Waals surface area contributed by atoms with Gasteiger partial charge in [-0.25, -0.2) is 0 Å². The average molecular weight is 910 g/mol. The summed E-state index contributed by atoms with van der Waals surface area (Å²) in [6.45, 7) is 10.5. The Morgan fingerprint density at radius 2 is 0.810 bits per heavy atom. The quantitative estimate of drug-likeness (QED) is 0.0509. The third kappa shape index (κ3) is 38.1. The lowest BCUT2D eigenvalue weighted by Crippen LogP contribution is -2.35. The molecule has 1 aliphatic rings. The van der Waals surface area contributed by atoms with Gasteiger partial charge in [0.05, 0.1) is 171 Å². The van der Waals surface area contributed by atoms with Gasteiger partial charge in [-0.1, -0.05) is 6.42 Å². The first-order valence-corrected chi connectivity index (χ1v) is 22.0. The van der Waals surface area contributed by atoms with Crippen molar-refractivity contribution in [1.29, 1.82) is 0 Å². The number of aliphatic hydroxyl groups is 1. The second-order valence-electron chi connectivity index (χ2n) is 13.7. The Bertz CT molecular complexity index is 1170. The van der Waals surface area contributed by atoms with E-state index in [0.717, 1.165) is 17.7 Å². The summed E-state index contributed by atoms with van der Waals surface area (Å²) in [5.74, 6) is -1.08. The van der Waals surface area contributed by atoms with Crippen LogP contribution in [0.5, 0.6) is 0 Å². The molecule has 0 aromatic heterocycles. The topological polar surface area (TPSA) is 258 Å². The van der Waals surface area contributed by atoms with Crippen LogP contribution < -0.4 is 11.1 Å². The standard InChI is InChI=1S/C42H75N3O18/c43-38(36-46)39(48)5-3-1-2-4-37(47)9-12-52-14-16-54-18-20-56-22-24-58-26-28-60-30-32-62-34-35-63-33-31-61-29-27-59-25-23-57-21-19-55-17-15-53-13-10-44-40(49)8-11-45-41(50)6-7-42(45)51/h6-7,38,46H,1-5,8-36,43H2,(H,44,49)/t38-/m0/s1. The van der Waals surface area contributed by atoms with E-state index in [2.05, 4.69) is 5.32 Å². The van der Waals surface area contributed by atoms with Crippen LogP contribution in [0.25, 0.3) is 0 Å². The number of imide groups is 1. The van der Waals surface area contributed by atoms with Gasteiger partial charge < -0.3 is 73.0 Å². The van der Waals surface area contributed by atoms with Crippen molar-refractivity contribution in [2.45, 2.75) is 51.0 Å². The lowest BCUT2D eigenvalue weighted by Gasteiger charge is -2.13. The van der Waals surface area contributed by atoms with Gasteiger partial charge in [0.15, 0.2) is 5.78 Å². The number of ether oxygens (including phenoxy) is 12. The van der Waals surface area contributed by atoms with Crippen LogP contribution in [-0.4, -0.2) is 224 Å². The summed E-state index contributed by atoms with van der Waals surface area (Å²) >= 11 is 0. The van der Waals surface area contributed by atoms with E-state index in [1.165, 1.54) is 12.2 Å². The molecule has 0 aromatic carbocycles. The van der Waals surface area contributed by atoms with E-state index in [1.807, 2.05) is 0 Å². The Labute approximate surface area is 372 Å². The third-order valence-corrected chi connectivity index (χ3v) is 8.64. The Morgan fingerprint density at radius 1 is 0.476 bits per heavy atom. The number of hydrogen-bond donors (Lipinski definition) is 3. The van der Waals surface area contributed by atoms with Gasteiger partial charge in [-0.2, -0.15) is 0 Å². The van der Waals surface area contributed by atoms with E-state index in [9.17, 15) is 24.0 Å². The molecule has 3 amide bonds. The number of carbonyl (C=O) groups is 5. The Kier molecular flexibility index (Phi) is 40.9. The highest BCUT2D eigenvalue weighted by molar-refractivity contribution is 6.13. The first kappa shape index (κ1) is 58.1. The van der Waals surface area contributed by atoms with Crippen LogP contribution in [0.4, 0.5) is 0 Å². The highest BCUT2D eigenvalue weighted by atomic mass is 16.6. The smallest absolute Gasteiger partial charge is 0.253 e. The van der Waals surface area contributed by atoms with Gasteiger partial charge in [-0.05, 0) is 12.8 Å². The maximum Gasteiger partial charge on any atom is 0.253 e. The molecule has 0 aromatic rings. The minimum atomic E-state index is -0.804. The van der Waals surface area contributed by atoms with Crippen molar-refractivity contribution in [3.05, 3.63) is 12.2 Å². The zero-order valence-corrected chi connectivity index (χ0v) is 37.2. The fourth-order valence-corrected chi connectivity index (χ4v) is 5.13. The van der Waals surface area contributed by atoms with Crippen molar-refractivity contribution >= 4 is 29.3 Å². The van der Waals surface area contributed by atoms with Gasteiger partial charge in [0, 0.05) is 50.9 Å². The normalized spacial score (nSPS) is 13.1. The number of Topliss-reactive ketones (excluding diaryl/α,β-unsaturated/α-hetero) is 2. The summed E-state index contributed by atoms with van der Waals surface area (Å²) in [6, 6.07) is -0.804. The first-order valence-electron chi connectivity index (χ1n) is 22.0. The number of nitrogens with one attached hydrogen (secondary N) is 1. The highest BCUT2D eigenvalue weighted by Crippen LogP contribution is 2.07. The van der Waals surface area contributed by atoms with Crippen LogP contribution in [0.3, 0.4) is 0 Å². The van der Waals surface area contributed by atoms with E-state index in [4.69, 9.17) is 67.7 Å². The molecule has 0 unspecified atom stereocenters. The molecule has 0 saturated heterocycles. The molecule has 0 fully saturated rings. The molecule has 0 spiro atoms. The van der Waals surface area contributed by atoms with Gasteiger partial charge in [0.1, 0.15) is 5.78 Å². The number of unbranched alkanes of at least 4 members (excludes halogenated alkanes) is 2. The van der Waals surface area contributed by atoms with Crippen molar-refractivity contribution in [3.63, 3.8) is 0 Å². The molecule has 0 saturated carbocycles. The summed E-state index contributed by atoms with van der Waals surface area (Å²) in [4.78, 5) is 59.2. The molecule has 1 rings (SSSR count). The molecule has 1 aliphatic heterocycles. The molecular formula is C42H75N3O18. The second-order valence-corrected chi connectivity index (χ2v) is 13.7. The first-order chi connectivity index (χ1) is 30.8.